The molecule has 5 atom stereocenters. The van der Waals surface area contributed by atoms with Gasteiger partial charge in [-0.05, 0) is 56.9 Å². The van der Waals surface area contributed by atoms with Crippen LogP contribution in [0.5, 0.6) is 0 Å². The van der Waals surface area contributed by atoms with Gasteiger partial charge in [-0.15, -0.1) is 0 Å². The van der Waals surface area contributed by atoms with Gasteiger partial charge in [0.15, 0.2) is 0 Å². The van der Waals surface area contributed by atoms with Gasteiger partial charge in [-0.3, -0.25) is 14.4 Å². The molecule has 8 nitrogen and oxygen atoms in total. The molecule has 2 amide bonds. The molecule has 1 aromatic carbocycles. The lowest BCUT2D eigenvalue weighted by molar-refractivity contribution is -0.154. The molecule has 3 heterocycles. The lowest BCUT2D eigenvalue weighted by Crippen LogP contribution is -2.53. The molecule has 3 aliphatic rings. The van der Waals surface area contributed by atoms with Crippen molar-refractivity contribution in [3.05, 3.63) is 29.3 Å². The number of unbranched alkanes of at least 4 members (excludes halogenated alkanes) is 3. The number of carbonyl (C=O) groups excluding carboxylic acids is 3. The molecule has 3 saturated heterocycles. The van der Waals surface area contributed by atoms with Crippen LogP contribution in [0.4, 0.5) is 5.69 Å². The summed E-state index contributed by atoms with van der Waals surface area (Å²) < 4.78 is 11.6. The fourth-order valence-electron chi connectivity index (χ4n) is 5.69. The Balaban J connectivity index is 1.60. The number of carbonyl (C=O) groups is 3. The third-order valence-electron chi connectivity index (χ3n) is 7.03. The first kappa shape index (κ1) is 24.0. The van der Waals surface area contributed by atoms with Crippen LogP contribution in [0.3, 0.4) is 0 Å². The number of esters is 1. The molecule has 1 spiro atoms. The molecule has 0 aromatic heterocycles. The van der Waals surface area contributed by atoms with Gasteiger partial charge in [-0.1, -0.05) is 24.4 Å². The Morgan fingerprint density at radius 3 is 2.67 bits per heavy atom. The average molecular weight is 479 g/mol. The van der Waals surface area contributed by atoms with Crippen molar-refractivity contribution in [2.75, 3.05) is 25.1 Å². The Kier molecular flexibility index (Phi) is 7.26. The molecule has 180 valence electrons. The largest absolute Gasteiger partial charge is 0.466 e. The van der Waals surface area contributed by atoms with Crippen molar-refractivity contribution in [2.24, 2.45) is 11.8 Å². The lowest BCUT2D eigenvalue weighted by atomic mass is 9.71. The van der Waals surface area contributed by atoms with Crippen LogP contribution >= 0.6 is 11.6 Å². The summed E-state index contributed by atoms with van der Waals surface area (Å²) in [5.74, 6) is -2.36. The molecule has 0 aliphatic carbocycles. The molecule has 0 unspecified atom stereocenters. The van der Waals surface area contributed by atoms with E-state index in [1.165, 1.54) is 0 Å². The van der Waals surface area contributed by atoms with Gasteiger partial charge in [0.25, 0.3) is 0 Å². The smallest absolute Gasteiger partial charge is 0.312 e. The van der Waals surface area contributed by atoms with Gasteiger partial charge in [-0.2, -0.15) is 0 Å². The van der Waals surface area contributed by atoms with Gasteiger partial charge < -0.3 is 24.8 Å². The number of hydrogen-bond donors (Lipinski definition) is 2. The van der Waals surface area contributed by atoms with Gasteiger partial charge in [0.2, 0.25) is 11.8 Å². The van der Waals surface area contributed by atoms with E-state index >= 15 is 0 Å². The first-order valence-corrected chi connectivity index (χ1v) is 12.1. The molecule has 9 heteroatoms. The van der Waals surface area contributed by atoms with Crippen molar-refractivity contribution in [3.8, 4) is 0 Å². The minimum atomic E-state index is -1.03. The van der Waals surface area contributed by atoms with E-state index in [0.29, 0.717) is 42.9 Å². The number of ether oxygens (including phenoxy) is 2. The Hall–Kier alpha value is -2.16. The summed E-state index contributed by atoms with van der Waals surface area (Å²) in [5, 5.41) is 12.5. The summed E-state index contributed by atoms with van der Waals surface area (Å²) in [7, 11) is 0. The van der Waals surface area contributed by atoms with Crippen molar-refractivity contribution in [1.29, 1.82) is 0 Å². The number of halogens is 1. The standard InChI is InChI=1S/C24H31ClN2O6/c1-2-32-23(31)18-17-11-12-24(33-17)19(18)22(30)27(13-5-3-4-6-14-28)20(24)21(29)26-16-9-7-15(25)8-10-16/h7-10,17-20,28H,2-6,11-14H2,1H3,(H,26,29)/t17-,18+,19+,20-,24+/m1/s1. The third-order valence-corrected chi connectivity index (χ3v) is 7.28. The van der Waals surface area contributed by atoms with Gasteiger partial charge >= 0.3 is 5.97 Å². The van der Waals surface area contributed by atoms with Gasteiger partial charge in [0.1, 0.15) is 11.6 Å². The van der Waals surface area contributed by atoms with Gasteiger partial charge in [0.05, 0.1) is 24.5 Å². The zero-order chi connectivity index (χ0) is 23.6. The monoisotopic (exact) mass is 478 g/mol. The van der Waals surface area contributed by atoms with Crippen LogP contribution in [-0.4, -0.2) is 65.3 Å². The minimum Gasteiger partial charge on any atom is -0.466 e. The third kappa shape index (κ3) is 4.36. The molecule has 1 aromatic rings. The first-order valence-electron chi connectivity index (χ1n) is 11.7. The van der Waals surface area contributed by atoms with Crippen LogP contribution < -0.4 is 5.32 Å². The van der Waals surface area contributed by atoms with E-state index in [9.17, 15) is 14.4 Å². The van der Waals surface area contributed by atoms with Crippen LogP contribution in [0.1, 0.15) is 45.4 Å². The molecule has 0 radical (unpaired) electrons. The molecule has 0 saturated carbocycles. The van der Waals surface area contributed by atoms with Gasteiger partial charge in [-0.25, -0.2) is 0 Å². The fraction of sp³-hybridized carbons (Fsp3) is 0.625. The predicted molar refractivity (Wildman–Crippen MR) is 122 cm³/mol. The summed E-state index contributed by atoms with van der Waals surface area (Å²) >= 11 is 5.96. The lowest BCUT2D eigenvalue weighted by Gasteiger charge is -2.33. The predicted octanol–water partition coefficient (Wildman–Crippen LogP) is 2.77. The average Bonchev–Trinajstić information content (AvgIpc) is 3.43. The Labute approximate surface area is 198 Å². The van der Waals surface area contributed by atoms with Crippen molar-refractivity contribution in [1.82, 2.24) is 4.90 Å². The zero-order valence-electron chi connectivity index (χ0n) is 18.8. The summed E-state index contributed by atoms with van der Waals surface area (Å²) in [4.78, 5) is 41.5. The number of anilines is 1. The molecule has 2 N–H and O–H groups in total. The Morgan fingerprint density at radius 2 is 1.97 bits per heavy atom. The number of nitrogens with one attached hydrogen (secondary N) is 1. The summed E-state index contributed by atoms with van der Waals surface area (Å²) in [6, 6.07) is 5.96. The second kappa shape index (κ2) is 9.99. The quantitative estimate of drug-likeness (QED) is 0.395. The Bertz CT molecular complexity index is 893. The molecular formula is C24H31ClN2O6. The number of aliphatic hydroxyl groups is 1. The van der Waals surface area contributed by atoms with Crippen LogP contribution in [0, 0.1) is 11.8 Å². The number of likely N-dealkylation sites (tertiary alicyclic amines) is 1. The van der Waals surface area contributed by atoms with E-state index in [2.05, 4.69) is 5.32 Å². The van der Waals surface area contributed by atoms with E-state index in [4.69, 9.17) is 26.2 Å². The molecule has 2 bridgehead atoms. The van der Waals surface area contributed by atoms with Gasteiger partial charge in [0, 0.05) is 23.9 Å². The zero-order valence-corrected chi connectivity index (χ0v) is 19.6. The topological polar surface area (TPSA) is 105 Å². The maximum Gasteiger partial charge on any atom is 0.312 e. The highest BCUT2D eigenvalue weighted by atomic mass is 35.5. The normalized spacial score (nSPS) is 29.9. The number of benzene rings is 1. The minimum absolute atomic E-state index is 0.135. The summed E-state index contributed by atoms with van der Waals surface area (Å²) in [6.07, 6.45) is 3.84. The molecule has 3 fully saturated rings. The number of fused-ring (bicyclic) bond motifs is 1. The van der Waals surface area contributed by atoms with E-state index in [-0.39, 0.29) is 25.0 Å². The molecular weight excluding hydrogens is 448 g/mol. The fourth-order valence-corrected chi connectivity index (χ4v) is 5.82. The highest BCUT2D eigenvalue weighted by Gasteiger charge is 2.74. The number of nitrogens with zero attached hydrogens (tertiary/aromatic N) is 1. The maximum atomic E-state index is 13.6. The molecule has 33 heavy (non-hydrogen) atoms. The Morgan fingerprint density at radius 1 is 1.24 bits per heavy atom. The highest BCUT2D eigenvalue weighted by molar-refractivity contribution is 6.30. The van der Waals surface area contributed by atoms with E-state index in [1.54, 1.807) is 36.1 Å². The van der Waals surface area contributed by atoms with E-state index < -0.39 is 35.6 Å². The summed E-state index contributed by atoms with van der Waals surface area (Å²) in [6.45, 7) is 2.49. The highest BCUT2D eigenvalue weighted by Crippen LogP contribution is 2.58. The molecule has 4 rings (SSSR count). The van der Waals surface area contributed by atoms with Crippen LogP contribution in [-0.2, 0) is 23.9 Å². The number of aliphatic hydroxyl groups excluding tert-OH is 1. The number of hydrogen-bond acceptors (Lipinski definition) is 6. The second-order valence-electron chi connectivity index (χ2n) is 8.97. The maximum absolute atomic E-state index is 13.6. The second-order valence-corrected chi connectivity index (χ2v) is 9.41. The van der Waals surface area contributed by atoms with Crippen molar-refractivity contribution < 1.29 is 29.0 Å². The SMILES string of the molecule is CCOC(=O)[C@@H]1[C@H]2C(=O)N(CCCCCCO)[C@H](C(=O)Nc3ccc(Cl)cc3)[C@]23CC[C@H]1O3. The summed E-state index contributed by atoms with van der Waals surface area (Å²) in [5.41, 5.74) is -0.449. The van der Waals surface area contributed by atoms with E-state index in [1.807, 2.05) is 0 Å². The van der Waals surface area contributed by atoms with Crippen LogP contribution in [0.15, 0.2) is 24.3 Å². The number of amides is 2. The first-order chi connectivity index (χ1) is 15.9. The van der Waals surface area contributed by atoms with Crippen LogP contribution in [0.25, 0.3) is 0 Å². The van der Waals surface area contributed by atoms with Crippen LogP contribution in [0.2, 0.25) is 5.02 Å². The van der Waals surface area contributed by atoms with Crippen molar-refractivity contribution >= 4 is 35.1 Å². The molecule has 3 aliphatic heterocycles. The van der Waals surface area contributed by atoms with E-state index in [0.717, 1.165) is 12.8 Å². The van der Waals surface area contributed by atoms with Crippen molar-refractivity contribution in [3.63, 3.8) is 0 Å². The van der Waals surface area contributed by atoms with Crippen molar-refractivity contribution in [2.45, 2.75) is 63.2 Å². The number of rotatable bonds is 10.